The number of benzene rings is 1. The van der Waals surface area contributed by atoms with E-state index in [-0.39, 0.29) is 5.78 Å². The van der Waals surface area contributed by atoms with Gasteiger partial charge in [0.1, 0.15) is 5.60 Å². The van der Waals surface area contributed by atoms with Crippen LogP contribution in [-0.2, 0) is 10.4 Å². The van der Waals surface area contributed by atoms with Crippen molar-refractivity contribution < 1.29 is 9.90 Å². The molecular formula is C11H14O2. The minimum atomic E-state index is -1.36. The first-order valence-corrected chi connectivity index (χ1v) is 4.25. The molecule has 0 bridgehead atoms. The number of aliphatic hydroxyl groups is 1. The molecule has 0 radical (unpaired) electrons. The van der Waals surface area contributed by atoms with Crippen LogP contribution in [0.4, 0.5) is 0 Å². The number of Topliss-reactive ketones (excluding diaryl/α,β-unsaturated/α-hetero) is 1. The van der Waals surface area contributed by atoms with Gasteiger partial charge in [-0.05, 0) is 26.3 Å². The van der Waals surface area contributed by atoms with Crippen molar-refractivity contribution >= 4 is 5.78 Å². The first-order chi connectivity index (χ1) is 5.94. The minimum absolute atomic E-state index is 0.238. The van der Waals surface area contributed by atoms with Gasteiger partial charge in [-0.1, -0.05) is 29.8 Å². The molecule has 1 N–H and O–H groups in total. The Morgan fingerprint density at radius 3 is 2.54 bits per heavy atom. The summed E-state index contributed by atoms with van der Waals surface area (Å²) in [5.41, 5.74) is 0.338. The summed E-state index contributed by atoms with van der Waals surface area (Å²) in [7, 11) is 0. The van der Waals surface area contributed by atoms with Crippen molar-refractivity contribution in [1.82, 2.24) is 0 Å². The lowest BCUT2D eigenvalue weighted by molar-refractivity contribution is -0.134. The highest BCUT2D eigenvalue weighted by Gasteiger charge is 2.28. The normalized spacial score (nSPS) is 15.1. The second-order valence-corrected chi connectivity index (χ2v) is 3.50. The van der Waals surface area contributed by atoms with E-state index >= 15 is 0 Å². The summed E-state index contributed by atoms with van der Waals surface area (Å²) in [6.45, 7) is 4.84. The van der Waals surface area contributed by atoms with Gasteiger partial charge in [0.05, 0.1) is 0 Å². The molecule has 1 aromatic carbocycles. The van der Waals surface area contributed by atoms with Crippen LogP contribution in [0.3, 0.4) is 0 Å². The minimum Gasteiger partial charge on any atom is -0.378 e. The Morgan fingerprint density at radius 2 is 2.08 bits per heavy atom. The SMILES string of the molecule is CC(=O)C(C)(O)c1cccc(C)c1. The van der Waals surface area contributed by atoms with Gasteiger partial charge in [-0.15, -0.1) is 0 Å². The second kappa shape index (κ2) is 3.30. The molecule has 1 atom stereocenters. The van der Waals surface area contributed by atoms with Crippen molar-refractivity contribution in [1.29, 1.82) is 0 Å². The number of hydrogen-bond donors (Lipinski definition) is 1. The predicted octanol–water partition coefficient (Wildman–Crippen LogP) is 1.79. The first kappa shape index (κ1) is 9.93. The van der Waals surface area contributed by atoms with Crippen LogP contribution in [0.1, 0.15) is 25.0 Å². The molecule has 2 nitrogen and oxygen atoms in total. The highest BCUT2D eigenvalue weighted by molar-refractivity contribution is 5.85. The Kier molecular flexibility index (Phi) is 2.52. The second-order valence-electron chi connectivity index (χ2n) is 3.50. The van der Waals surface area contributed by atoms with Gasteiger partial charge < -0.3 is 5.11 Å². The van der Waals surface area contributed by atoms with E-state index in [0.717, 1.165) is 5.56 Å². The molecule has 0 heterocycles. The van der Waals surface area contributed by atoms with E-state index in [1.165, 1.54) is 13.8 Å². The fourth-order valence-electron chi connectivity index (χ4n) is 1.15. The molecule has 13 heavy (non-hydrogen) atoms. The summed E-state index contributed by atoms with van der Waals surface area (Å²) in [6, 6.07) is 7.34. The maximum atomic E-state index is 11.1. The van der Waals surface area contributed by atoms with Crippen LogP contribution in [0.15, 0.2) is 24.3 Å². The van der Waals surface area contributed by atoms with E-state index in [9.17, 15) is 9.90 Å². The van der Waals surface area contributed by atoms with Crippen LogP contribution in [-0.4, -0.2) is 10.9 Å². The van der Waals surface area contributed by atoms with E-state index in [1.54, 1.807) is 6.07 Å². The van der Waals surface area contributed by atoms with Crippen molar-refractivity contribution in [2.75, 3.05) is 0 Å². The Labute approximate surface area is 78.2 Å². The van der Waals surface area contributed by atoms with Gasteiger partial charge in [-0.3, -0.25) is 4.79 Å². The smallest absolute Gasteiger partial charge is 0.165 e. The Bertz CT molecular complexity index is 327. The van der Waals surface area contributed by atoms with Gasteiger partial charge in [0.2, 0.25) is 0 Å². The molecule has 0 aliphatic rings. The number of carbonyl (C=O) groups is 1. The summed E-state index contributed by atoms with van der Waals surface area (Å²) < 4.78 is 0. The molecule has 0 fully saturated rings. The third-order valence-corrected chi connectivity index (χ3v) is 2.27. The Balaban J connectivity index is 3.14. The number of aryl methyl sites for hydroxylation is 1. The zero-order chi connectivity index (χ0) is 10.1. The monoisotopic (exact) mass is 178 g/mol. The average Bonchev–Trinajstić information content (AvgIpc) is 2.04. The van der Waals surface area contributed by atoms with Gasteiger partial charge >= 0.3 is 0 Å². The van der Waals surface area contributed by atoms with Crippen molar-refractivity contribution in [3.8, 4) is 0 Å². The van der Waals surface area contributed by atoms with Gasteiger partial charge in [-0.25, -0.2) is 0 Å². The molecule has 0 aliphatic carbocycles. The molecule has 0 amide bonds. The van der Waals surface area contributed by atoms with E-state index in [1.807, 2.05) is 25.1 Å². The molecule has 0 spiro atoms. The number of carbonyl (C=O) groups excluding carboxylic acids is 1. The van der Waals surface area contributed by atoms with Crippen molar-refractivity contribution in [3.05, 3.63) is 35.4 Å². The number of rotatable bonds is 2. The van der Waals surface area contributed by atoms with Crippen molar-refractivity contribution in [3.63, 3.8) is 0 Å². The summed E-state index contributed by atoms with van der Waals surface area (Å²) in [6.07, 6.45) is 0. The van der Waals surface area contributed by atoms with Crippen LogP contribution in [0.25, 0.3) is 0 Å². The predicted molar refractivity (Wildman–Crippen MR) is 51.4 cm³/mol. The molecule has 2 heteroatoms. The summed E-state index contributed by atoms with van der Waals surface area (Å²) >= 11 is 0. The molecule has 1 rings (SSSR count). The quantitative estimate of drug-likeness (QED) is 0.749. The standard InChI is InChI=1S/C11H14O2/c1-8-5-4-6-10(7-8)11(3,13)9(2)12/h4-7,13H,1-3H3. The molecule has 1 aromatic rings. The molecule has 0 saturated carbocycles. The van der Waals surface area contributed by atoms with Crippen molar-refractivity contribution in [2.45, 2.75) is 26.4 Å². The average molecular weight is 178 g/mol. The largest absolute Gasteiger partial charge is 0.378 e. The van der Waals surface area contributed by atoms with Crippen LogP contribution in [0, 0.1) is 6.92 Å². The molecule has 0 saturated heterocycles. The van der Waals surface area contributed by atoms with Crippen LogP contribution < -0.4 is 0 Å². The highest BCUT2D eigenvalue weighted by atomic mass is 16.3. The van der Waals surface area contributed by atoms with Gasteiger partial charge in [0.15, 0.2) is 5.78 Å². The lowest BCUT2D eigenvalue weighted by Gasteiger charge is -2.20. The van der Waals surface area contributed by atoms with E-state index in [0.29, 0.717) is 5.56 Å². The number of ketones is 1. The molecule has 0 aromatic heterocycles. The third-order valence-electron chi connectivity index (χ3n) is 2.27. The number of hydrogen-bond acceptors (Lipinski definition) is 2. The lowest BCUT2D eigenvalue weighted by atomic mass is 9.91. The molecule has 1 unspecified atom stereocenters. The van der Waals surface area contributed by atoms with E-state index in [2.05, 4.69) is 0 Å². The zero-order valence-corrected chi connectivity index (χ0v) is 8.16. The lowest BCUT2D eigenvalue weighted by Crippen LogP contribution is -2.29. The summed E-state index contributed by atoms with van der Waals surface area (Å²) in [4.78, 5) is 11.1. The third kappa shape index (κ3) is 1.95. The molecule has 0 aliphatic heterocycles. The summed E-state index contributed by atoms with van der Waals surface area (Å²) in [5, 5.41) is 9.84. The zero-order valence-electron chi connectivity index (χ0n) is 8.16. The van der Waals surface area contributed by atoms with Crippen molar-refractivity contribution in [2.24, 2.45) is 0 Å². The fourth-order valence-corrected chi connectivity index (χ4v) is 1.15. The maximum absolute atomic E-state index is 11.1. The van der Waals surface area contributed by atoms with Gasteiger partial charge in [0.25, 0.3) is 0 Å². The maximum Gasteiger partial charge on any atom is 0.165 e. The topological polar surface area (TPSA) is 37.3 Å². The van der Waals surface area contributed by atoms with E-state index < -0.39 is 5.60 Å². The highest BCUT2D eigenvalue weighted by Crippen LogP contribution is 2.21. The van der Waals surface area contributed by atoms with Crippen LogP contribution >= 0.6 is 0 Å². The van der Waals surface area contributed by atoms with Gasteiger partial charge in [-0.2, -0.15) is 0 Å². The Morgan fingerprint density at radius 1 is 1.46 bits per heavy atom. The fraction of sp³-hybridized carbons (Fsp3) is 0.364. The van der Waals surface area contributed by atoms with E-state index in [4.69, 9.17) is 0 Å². The molecule has 70 valence electrons. The van der Waals surface area contributed by atoms with Crippen LogP contribution in [0.5, 0.6) is 0 Å². The molecular weight excluding hydrogens is 164 g/mol. The van der Waals surface area contributed by atoms with Crippen LogP contribution in [0.2, 0.25) is 0 Å². The van der Waals surface area contributed by atoms with Gasteiger partial charge in [0, 0.05) is 0 Å². The summed E-state index contributed by atoms with van der Waals surface area (Å²) in [5.74, 6) is -0.238. The first-order valence-electron chi connectivity index (χ1n) is 4.25. The Hall–Kier alpha value is -1.15.